The summed E-state index contributed by atoms with van der Waals surface area (Å²) in [6.45, 7) is 4.76. The minimum atomic E-state index is -0.0816. The normalized spacial score (nSPS) is 20.7. The van der Waals surface area contributed by atoms with Crippen molar-refractivity contribution in [2.24, 2.45) is 0 Å². The van der Waals surface area contributed by atoms with Crippen LogP contribution in [-0.2, 0) is 9.53 Å². The number of unbranched alkanes of at least 4 members (excludes halogenated alkanes) is 2. The first kappa shape index (κ1) is 14.5. The number of esters is 1. The Kier molecular flexibility index (Phi) is 7.21. The molecule has 0 amide bonds. The van der Waals surface area contributed by atoms with Crippen LogP contribution in [0.3, 0.4) is 0 Å². The molecule has 0 aromatic carbocycles. The van der Waals surface area contributed by atoms with Gasteiger partial charge in [0, 0.05) is 12.5 Å². The number of rotatable bonds is 8. The number of carbonyl (C=O) groups is 1. The zero-order valence-electron chi connectivity index (χ0n) is 10.9. The average molecular weight is 243 g/mol. The molecule has 0 aromatic heterocycles. The lowest BCUT2D eigenvalue weighted by Gasteiger charge is -2.22. The second-order valence-corrected chi connectivity index (χ2v) is 4.63. The van der Waals surface area contributed by atoms with Gasteiger partial charge in [-0.2, -0.15) is 0 Å². The van der Waals surface area contributed by atoms with Crippen LogP contribution in [0.1, 0.15) is 45.4 Å². The Morgan fingerprint density at radius 2 is 2.24 bits per heavy atom. The van der Waals surface area contributed by atoms with Crippen LogP contribution in [0.25, 0.3) is 0 Å². The van der Waals surface area contributed by atoms with Crippen LogP contribution in [0.5, 0.6) is 0 Å². The molecule has 0 aromatic rings. The van der Waals surface area contributed by atoms with Gasteiger partial charge in [-0.1, -0.05) is 6.42 Å². The number of hydrogen-bond acceptors (Lipinski definition) is 4. The topological polar surface area (TPSA) is 49.8 Å². The van der Waals surface area contributed by atoms with Crippen LogP contribution in [0.15, 0.2) is 0 Å². The summed E-state index contributed by atoms with van der Waals surface area (Å²) < 4.78 is 4.87. The fourth-order valence-corrected chi connectivity index (χ4v) is 2.39. The first-order valence-electron chi connectivity index (χ1n) is 6.78. The molecule has 0 spiro atoms. The molecule has 1 atom stereocenters. The summed E-state index contributed by atoms with van der Waals surface area (Å²) in [6, 6.07) is 0.375. The number of ether oxygens (including phenoxy) is 1. The minimum absolute atomic E-state index is 0.0816. The van der Waals surface area contributed by atoms with Gasteiger partial charge in [-0.05, 0) is 45.7 Å². The van der Waals surface area contributed by atoms with Crippen LogP contribution >= 0.6 is 0 Å². The summed E-state index contributed by atoms with van der Waals surface area (Å²) >= 11 is 0. The summed E-state index contributed by atoms with van der Waals surface area (Å²) in [5.74, 6) is -0.0816. The van der Waals surface area contributed by atoms with Crippen molar-refractivity contribution in [3.05, 3.63) is 0 Å². The van der Waals surface area contributed by atoms with E-state index in [1.54, 1.807) is 0 Å². The lowest BCUT2D eigenvalue weighted by Crippen LogP contribution is -2.32. The highest BCUT2D eigenvalue weighted by Crippen LogP contribution is 2.17. The van der Waals surface area contributed by atoms with Crippen molar-refractivity contribution >= 4 is 5.97 Å². The average Bonchev–Trinajstić information content (AvgIpc) is 2.76. The maximum absolute atomic E-state index is 11.1. The van der Waals surface area contributed by atoms with E-state index in [4.69, 9.17) is 9.84 Å². The van der Waals surface area contributed by atoms with Crippen LogP contribution in [0.2, 0.25) is 0 Å². The van der Waals surface area contributed by atoms with Gasteiger partial charge in [0.15, 0.2) is 0 Å². The highest BCUT2D eigenvalue weighted by atomic mass is 16.5. The monoisotopic (exact) mass is 243 g/mol. The molecule has 1 aliphatic heterocycles. The first-order valence-corrected chi connectivity index (χ1v) is 6.78. The lowest BCUT2D eigenvalue weighted by molar-refractivity contribution is -0.143. The van der Waals surface area contributed by atoms with Crippen molar-refractivity contribution in [2.45, 2.75) is 51.5 Å². The SMILES string of the molecule is CCOC(=O)CCCCCN1CCCC1CO. The van der Waals surface area contributed by atoms with E-state index in [1.807, 2.05) is 6.92 Å². The highest BCUT2D eigenvalue weighted by molar-refractivity contribution is 5.69. The van der Waals surface area contributed by atoms with Gasteiger partial charge in [-0.25, -0.2) is 0 Å². The van der Waals surface area contributed by atoms with Gasteiger partial charge in [0.25, 0.3) is 0 Å². The molecule has 0 aliphatic carbocycles. The Bertz CT molecular complexity index is 221. The lowest BCUT2D eigenvalue weighted by atomic mass is 10.2. The van der Waals surface area contributed by atoms with Crippen molar-refractivity contribution < 1.29 is 14.6 Å². The van der Waals surface area contributed by atoms with E-state index in [0.29, 0.717) is 19.1 Å². The van der Waals surface area contributed by atoms with Crippen LogP contribution in [0.4, 0.5) is 0 Å². The van der Waals surface area contributed by atoms with E-state index in [1.165, 1.54) is 6.42 Å². The number of nitrogens with zero attached hydrogens (tertiary/aromatic N) is 1. The summed E-state index contributed by atoms with van der Waals surface area (Å²) in [5, 5.41) is 9.17. The molecule has 1 heterocycles. The predicted molar refractivity (Wildman–Crippen MR) is 66.8 cm³/mol. The molecule has 17 heavy (non-hydrogen) atoms. The molecule has 4 heteroatoms. The molecule has 4 nitrogen and oxygen atoms in total. The number of carbonyl (C=O) groups excluding carboxylic acids is 1. The van der Waals surface area contributed by atoms with E-state index in [-0.39, 0.29) is 12.6 Å². The van der Waals surface area contributed by atoms with Gasteiger partial charge in [0.1, 0.15) is 0 Å². The van der Waals surface area contributed by atoms with Gasteiger partial charge in [0.2, 0.25) is 0 Å². The van der Waals surface area contributed by atoms with E-state index in [9.17, 15) is 4.79 Å². The van der Waals surface area contributed by atoms with E-state index < -0.39 is 0 Å². The van der Waals surface area contributed by atoms with E-state index in [0.717, 1.165) is 38.8 Å². The number of hydrogen-bond donors (Lipinski definition) is 1. The molecule has 100 valence electrons. The Balaban J connectivity index is 1.98. The van der Waals surface area contributed by atoms with Crippen molar-refractivity contribution in [3.63, 3.8) is 0 Å². The van der Waals surface area contributed by atoms with Gasteiger partial charge in [-0.3, -0.25) is 9.69 Å². The third kappa shape index (κ3) is 5.50. The summed E-state index contributed by atoms with van der Waals surface area (Å²) in [4.78, 5) is 13.5. The van der Waals surface area contributed by atoms with Crippen molar-refractivity contribution in [3.8, 4) is 0 Å². The molecule has 1 N–H and O–H groups in total. The maximum atomic E-state index is 11.1. The van der Waals surface area contributed by atoms with Crippen LogP contribution in [0, 0.1) is 0 Å². The Morgan fingerprint density at radius 1 is 1.41 bits per heavy atom. The molecule has 0 radical (unpaired) electrons. The van der Waals surface area contributed by atoms with Gasteiger partial charge >= 0.3 is 5.97 Å². The zero-order chi connectivity index (χ0) is 12.5. The van der Waals surface area contributed by atoms with E-state index in [2.05, 4.69) is 4.90 Å². The highest BCUT2D eigenvalue weighted by Gasteiger charge is 2.22. The fraction of sp³-hybridized carbons (Fsp3) is 0.923. The van der Waals surface area contributed by atoms with Crippen LogP contribution in [-0.4, -0.2) is 48.3 Å². The standard InChI is InChI=1S/C13H25NO3/c1-2-17-13(16)8-4-3-5-9-14-10-6-7-12(14)11-15/h12,15H,2-11H2,1H3. The Hall–Kier alpha value is -0.610. The molecule has 1 unspecified atom stereocenters. The quantitative estimate of drug-likeness (QED) is 0.519. The smallest absolute Gasteiger partial charge is 0.305 e. The summed E-state index contributed by atoms with van der Waals surface area (Å²) in [6.07, 6.45) is 5.95. The number of aliphatic hydroxyl groups is 1. The third-order valence-corrected chi connectivity index (χ3v) is 3.34. The van der Waals surface area contributed by atoms with E-state index >= 15 is 0 Å². The third-order valence-electron chi connectivity index (χ3n) is 3.34. The van der Waals surface area contributed by atoms with Crippen molar-refractivity contribution in [1.29, 1.82) is 0 Å². The Morgan fingerprint density at radius 3 is 2.94 bits per heavy atom. The van der Waals surface area contributed by atoms with Crippen LogP contribution < -0.4 is 0 Å². The predicted octanol–water partition coefficient (Wildman–Crippen LogP) is 1.57. The second kappa shape index (κ2) is 8.48. The maximum Gasteiger partial charge on any atom is 0.305 e. The molecule has 1 saturated heterocycles. The summed E-state index contributed by atoms with van der Waals surface area (Å²) in [7, 11) is 0. The zero-order valence-corrected chi connectivity index (χ0v) is 10.9. The van der Waals surface area contributed by atoms with Gasteiger partial charge in [-0.15, -0.1) is 0 Å². The molecule has 0 bridgehead atoms. The van der Waals surface area contributed by atoms with Gasteiger partial charge < -0.3 is 9.84 Å². The molecule has 1 fully saturated rings. The fourth-order valence-electron chi connectivity index (χ4n) is 2.39. The molecule has 1 rings (SSSR count). The molecule has 0 saturated carbocycles. The summed E-state index contributed by atoms with van der Waals surface area (Å²) in [5.41, 5.74) is 0. The largest absolute Gasteiger partial charge is 0.466 e. The second-order valence-electron chi connectivity index (χ2n) is 4.63. The molecular weight excluding hydrogens is 218 g/mol. The molecular formula is C13H25NO3. The minimum Gasteiger partial charge on any atom is -0.466 e. The molecule has 1 aliphatic rings. The van der Waals surface area contributed by atoms with Crippen molar-refractivity contribution in [1.82, 2.24) is 4.90 Å². The Labute approximate surface area is 104 Å². The van der Waals surface area contributed by atoms with Crippen molar-refractivity contribution in [2.75, 3.05) is 26.3 Å². The van der Waals surface area contributed by atoms with Gasteiger partial charge in [0.05, 0.1) is 13.2 Å². The first-order chi connectivity index (χ1) is 8.27. The number of likely N-dealkylation sites (tertiary alicyclic amines) is 1. The number of aliphatic hydroxyl groups excluding tert-OH is 1.